The van der Waals surface area contributed by atoms with Crippen molar-refractivity contribution in [3.8, 4) is 0 Å². The number of oxime groups is 1. The molecule has 0 aliphatic rings. The van der Waals surface area contributed by atoms with Crippen LogP contribution in [-0.2, 0) is 4.84 Å². The molecule has 4 nitrogen and oxygen atoms in total. The summed E-state index contributed by atoms with van der Waals surface area (Å²) in [6.07, 6.45) is -1.68. The summed E-state index contributed by atoms with van der Waals surface area (Å²) in [5.41, 5.74) is 6.21. The number of hydrogen-bond acceptors (Lipinski definition) is 3. The van der Waals surface area contributed by atoms with Crippen molar-refractivity contribution in [3.63, 3.8) is 0 Å². The summed E-state index contributed by atoms with van der Waals surface area (Å²) in [6.45, 7) is 0. The largest absolute Gasteiger partial charge is 0.380 e. The normalized spacial score (nSPS) is 14.6. The molecule has 0 bridgehead atoms. The number of halogens is 3. The third-order valence-corrected chi connectivity index (χ3v) is 2.16. The van der Waals surface area contributed by atoms with Gasteiger partial charge in [0.05, 0.1) is 0 Å². The first kappa shape index (κ1) is 13.4. The molecular formula is C9H9Cl3N2O2. The van der Waals surface area contributed by atoms with Crippen LogP contribution >= 0.6 is 34.8 Å². The van der Waals surface area contributed by atoms with E-state index in [0.29, 0.717) is 5.56 Å². The van der Waals surface area contributed by atoms with Crippen LogP contribution in [0, 0.1) is 0 Å². The molecule has 0 heterocycles. The fourth-order valence-electron chi connectivity index (χ4n) is 0.828. The number of hydrogen-bond donors (Lipinski definition) is 2. The van der Waals surface area contributed by atoms with E-state index in [9.17, 15) is 5.11 Å². The lowest BCUT2D eigenvalue weighted by Gasteiger charge is -2.16. The predicted octanol–water partition coefficient (Wildman–Crippen LogP) is 2.01. The summed E-state index contributed by atoms with van der Waals surface area (Å²) in [5.74, 6) is 0.0777. The van der Waals surface area contributed by atoms with Crippen LogP contribution in [0.2, 0.25) is 0 Å². The monoisotopic (exact) mass is 282 g/mol. The van der Waals surface area contributed by atoms with E-state index in [0.717, 1.165) is 0 Å². The van der Waals surface area contributed by atoms with Crippen LogP contribution in [0.5, 0.6) is 0 Å². The van der Waals surface area contributed by atoms with Gasteiger partial charge in [-0.15, -0.1) is 0 Å². The number of alkyl halides is 3. The van der Waals surface area contributed by atoms with Gasteiger partial charge in [0.1, 0.15) is 0 Å². The van der Waals surface area contributed by atoms with Crippen molar-refractivity contribution in [2.75, 3.05) is 0 Å². The standard InChI is InChI=1S/C9H9Cl3N2O2/c10-9(11,12)8(15)16-14-7(13)6-4-2-1-3-5-6/h1-5,8,15H,(H2,13,14). The molecular weight excluding hydrogens is 274 g/mol. The van der Waals surface area contributed by atoms with Crippen molar-refractivity contribution in [1.82, 2.24) is 0 Å². The van der Waals surface area contributed by atoms with Crippen LogP contribution in [0.15, 0.2) is 35.5 Å². The molecule has 0 fully saturated rings. The number of amidine groups is 1. The molecule has 1 atom stereocenters. The maximum atomic E-state index is 9.20. The van der Waals surface area contributed by atoms with E-state index in [1.807, 2.05) is 6.07 Å². The highest BCUT2D eigenvalue weighted by atomic mass is 35.6. The summed E-state index contributed by atoms with van der Waals surface area (Å²) in [5, 5.41) is 12.7. The van der Waals surface area contributed by atoms with Gasteiger partial charge in [-0.3, -0.25) is 0 Å². The van der Waals surface area contributed by atoms with Crippen LogP contribution in [-0.4, -0.2) is 21.0 Å². The highest BCUT2D eigenvalue weighted by molar-refractivity contribution is 6.67. The maximum absolute atomic E-state index is 9.20. The first-order chi connectivity index (χ1) is 7.41. The van der Waals surface area contributed by atoms with Gasteiger partial charge in [0.25, 0.3) is 10.1 Å². The molecule has 7 heteroatoms. The Morgan fingerprint density at radius 2 is 1.88 bits per heavy atom. The second-order valence-corrected chi connectivity index (χ2v) is 5.21. The highest BCUT2D eigenvalue weighted by Crippen LogP contribution is 2.30. The number of nitrogens with two attached hydrogens (primary N) is 1. The van der Waals surface area contributed by atoms with E-state index < -0.39 is 10.1 Å². The van der Waals surface area contributed by atoms with Gasteiger partial charge in [0.2, 0.25) is 0 Å². The predicted molar refractivity (Wildman–Crippen MR) is 64.5 cm³/mol. The molecule has 0 spiro atoms. The Balaban J connectivity index is 2.66. The number of rotatable bonds is 3. The zero-order valence-electron chi connectivity index (χ0n) is 7.98. The van der Waals surface area contributed by atoms with Crippen molar-refractivity contribution in [2.45, 2.75) is 10.1 Å². The molecule has 16 heavy (non-hydrogen) atoms. The molecule has 0 saturated carbocycles. The smallest absolute Gasteiger partial charge is 0.272 e. The summed E-state index contributed by atoms with van der Waals surface area (Å²) < 4.78 is -1.97. The van der Waals surface area contributed by atoms with Crippen molar-refractivity contribution < 1.29 is 9.94 Å². The van der Waals surface area contributed by atoms with E-state index in [2.05, 4.69) is 9.99 Å². The van der Waals surface area contributed by atoms with E-state index in [1.165, 1.54) is 0 Å². The van der Waals surface area contributed by atoms with Crippen LogP contribution in [0.1, 0.15) is 5.56 Å². The number of aliphatic hydroxyl groups is 1. The zero-order chi connectivity index (χ0) is 12.2. The van der Waals surface area contributed by atoms with Gasteiger partial charge in [0.15, 0.2) is 5.84 Å². The number of nitrogens with zero attached hydrogens (tertiary/aromatic N) is 1. The molecule has 1 aromatic rings. The second-order valence-electron chi connectivity index (χ2n) is 2.84. The Bertz CT molecular complexity index is 365. The van der Waals surface area contributed by atoms with Crippen LogP contribution in [0.4, 0.5) is 0 Å². The lowest BCUT2D eigenvalue weighted by molar-refractivity contribution is -0.0942. The molecule has 0 aliphatic carbocycles. The first-order valence-corrected chi connectivity index (χ1v) is 5.34. The van der Waals surface area contributed by atoms with Crippen LogP contribution < -0.4 is 5.73 Å². The van der Waals surface area contributed by atoms with Gasteiger partial charge >= 0.3 is 0 Å². The number of aliphatic hydroxyl groups excluding tert-OH is 1. The van der Waals surface area contributed by atoms with Gasteiger partial charge in [-0.2, -0.15) is 0 Å². The second kappa shape index (κ2) is 5.59. The summed E-state index contributed by atoms with van der Waals surface area (Å²) in [4.78, 5) is 4.55. The Kier molecular flexibility index (Phi) is 4.68. The Morgan fingerprint density at radius 3 is 2.38 bits per heavy atom. The molecule has 88 valence electrons. The molecule has 0 aliphatic heterocycles. The topological polar surface area (TPSA) is 67.8 Å². The van der Waals surface area contributed by atoms with Crippen LogP contribution in [0.25, 0.3) is 0 Å². The lowest BCUT2D eigenvalue weighted by atomic mass is 10.2. The molecule has 0 aromatic heterocycles. The fourth-order valence-corrected chi connectivity index (χ4v) is 0.948. The van der Waals surface area contributed by atoms with E-state index in [-0.39, 0.29) is 5.84 Å². The zero-order valence-corrected chi connectivity index (χ0v) is 10.2. The summed E-state index contributed by atoms with van der Waals surface area (Å²) >= 11 is 16.1. The quantitative estimate of drug-likeness (QED) is 0.293. The van der Waals surface area contributed by atoms with Crippen molar-refractivity contribution >= 4 is 40.6 Å². The minimum atomic E-state index is -1.97. The third kappa shape index (κ3) is 4.06. The average Bonchev–Trinajstić information content (AvgIpc) is 2.25. The summed E-state index contributed by atoms with van der Waals surface area (Å²) in [7, 11) is 0. The van der Waals surface area contributed by atoms with Gasteiger partial charge in [-0.05, 0) is 0 Å². The van der Waals surface area contributed by atoms with Crippen molar-refractivity contribution in [1.29, 1.82) is 0 Å². The van der Waals surface area contributed by atoms with Gasteiger partial charge in [-0.1, -0.05) is 70.3 Å². The van der Waals surface area contributed by atoms with Gasteiger partial charge < -0.3 is 15.7 Å². The Labute approximate surface area is 108 Å². The highest BCUT2D eigenvalue weighted by Gasteiger charge is 2.33. The van der Waals surface area contributed by atoms with E-state index >= 15 is 0 Å². The maximum Gasteiger partial charge on any atom is 0.272 e. The molecule has 3 N–H and O–H groups in total. The molecule has 1 rings (SSSR count). The average molecular weight is 284 g/mol. The van der Waals surface area contributed by atoms with Gasteiger partial charge in [0, 0.05) is 5.56 Å². The Hall–Kier alpha value is -0.680. The van der Waals surface area contributed by atoms with Crippen LogP contribution in [0.3, 0.4) is 0 Å². The van der Waals surface area contributed by atoms with Gasteiger partial charge in [-0.25, -0.2) is 0 Å². The van der Waals surface area contributed by atoms with Crippen molar-refractivity contribution in [2.24, 2.45) is 10.9 Å². The van der Waals surface area contributed by atoms with E-state index in [4.69, 9.17) is 40.5 Å². The summed E-state index contributed by atoms with van der Waals surface area (Å²) in [6, 6.07) is 8.84. The third-order valence-electron chi connectivity index (χ3n) is 1.60. The molecule has 0 radical (unpaired) electrons. The molecule has 0 amide bonds. The fraction of sp³-hybridized carbons (Fsp3) is 0.222. The minimum Gasteiger partial charge on any atom is -0.380 e. The lowest BCUT2D eigenvalue weighted by Crippen LogP contribution is -2.27. The Morgan fingerprint density at radius 1 is 1.31 bits per heavy atom. The van der Waals surface area contributed by atoms with Crippen molar-refractivity contribution in [3.05, 3.63) is 35.9 Å². The minimum absolute atomic E-state index is 0.0777. The molecule has 1 unspecified atom stereocenters. The SMILES string of the molecule is N/C(=N\OC(O)C(Cl)(Cl)Cl)c1ccccc1. The number of benzene rings is 1. The van der Waals surface area contributed by atoms with E-state index in [1.54, 1.807) is 24.3 Å². The molecule has 0 saturated heterocycles. The first-order valence-electron chi connectivity index (χ1n) is 4.21. The molecule has 1 aromatic carbocycles.